The predicted molar refractivity (Wildman–Crippen MR) is 96.8 cm³/mol. The van der Waals surface area contributed by atoms with Gasteiger partial charge in [-0.25, -0.2) is 14.0 Å². The predicted octanol–water partition coefficient (Wildman–Crippen LogP) is 2.58. The molecule has 0 N–H and O–H groups in total. The fourth-order valence-electron chi connectivity index (χ4n) is 3.57. The summed E-state index contributed by atoms with van der Waals surface area (Å²) in [5.41, 5.74) is -1.56. The van der Waals surface area contributed by atoms with Gasteiger partial charge in [0.25, 0.3) is 5.69 Å². The van der Waals surface area contributed by atoms with Crippen molar-refractivity contribution in [1.29, 1.82) is 0 Å². The minimum atomic E-state index is -0.900. The van der Waals surface area contributed by atoms with E-state index in [0.29, 0.717) is 26.2 Å². The van der Waals surface area contributed by atoms with E-state index in [1.165, 1.54) is 0 Å². The van der Waals surface area contributed by atoms with Crippen molar-refractivity contribution in [2.75, 3.05) is 38.2 Å². The number of hydrogen-bond acceptors (Lipinski definition) is 7. The normalized spacial score (nSPS) is 17.6. The van der Waals surface area contributed by atoms with Crippen molar-refractivity contribution >= 4 is 23.4 Å². The largest absolute Gasteiger partial charge is 0.465 e. The van der Waals surface area contributed by atoms with Gasteiger partial charge in [0.15, 0.2) is 5.82 Å². The Morgan fingerprint density at radius 2 is 1.82 bits per heavy atom. The van der Waals surface area contributed by atoms with Gasteiger partial charge in [0, 0.05) is 31.6 Å². The SMILES string of the molecule is COC(=O)c1cc(N2CC3(CN(C(=O)OC(C)(C)C)C3)C2)c(F)cc1[N+](=O)[O-]. The number of rotatable bonds is 3. The molecule has 1 spiro atoms. The third-order valence-corrected chi connectivity index (χ3v) is 4.76. The first kappa shape index (κ1) is 19.8. The van der Waals surface area contributed by atoms with E-state index < -0.39 is 28.0 Å². The smallest absolute Gasteiger partial charge is 0.410 e. The molecule has 2 heterocycles. The second-order valence-electron chi connectivity index (χ2n) is 8.26. The van der Waals surface area contributed by atoms with Gasteiger partial charge in [-0.2, -0.15) is 0 Å². The number of benzene rings is 1. The molecule has 2 fully saturated rings. The van der Waals surface area contributed by atoms with Crippen LogP contribution >= 0.6 is 0 Å². The second kappa shape index (κ2) is 6.61. The number of esters is 1. The summed E-state index contributed by atoms with van der Waals surface area (Å²) in [5.74, 6) is -1.68. The van der Waals surface area contributed by atoms with Crippen molar-refractivity contribution in [1.82, 2.24) is 4.90 Å². The van der Waals surface area contributed by atoms with Crippen LogP contribution in [0.2, 0.25) is 0 Å². The molecule has 0 radical (unpaired) electrons. The highest BCUT2D eigenvalue weighted by atomic mass is 19.1. The Morgan fingerprint density at radius 3 is 2.32 bits per heavy atom. The summed E-state index contributed by atoms with van der Waals surface area (Å²) in [4.78, 5) is 37.4. The number of nitro benzene ring substituents is 1. The lowest BCUT2D eigenvalue weighted by Gasteiger charge is -2.60. The molecule has 0 atom stereocenters. The lowest BCUT2D eigenvalue weighted by Crippen LogP contribution is -2.73. The van der Waals surface area contributed by atoms with Crippen LogP contribution in [0.5, 0.6) is 0 Å². The van der Waals surface area contributed by atoms with Crippen LogP contribution in [0.15, 0.2) is 12.1 Å². The fraction of sp³-hybridized carbons (Fsp3) is 0.556. The zero-order chi connectivity index (χ0) is 20.9. The highest BCUT2D eigenvalue weighted by Crippen LogP contribution is 2.44. The molecule has 0 aliphatic carbocycles. The Kier molecular flexibility index (Phi) is 4.68. The van der Waals surface area contributed by atoms with E-state index in [1.54, 1.807) is 30.6 Å². The van der Waals surface area contributed by atoms with Crippen LogP contribution in [0, 0.1) is 21.3 Å². The summed E-state index contributed by atoms with van der Waals surface area (Å²) >= 11 is 0. The summed E-state index contributed by atoms with van der Waals surface area (Å²) in [6, 6.07) is 1.89. The molecule has 3 rings (SSSR count). The average molecular weight is 395 g/mol. The van der Waals surface area contributed by atoms with Crippen LogP contribution in [0.4, 0.5) is 20.6 Å². The molecule has 9 nitrogen and oxygen atoms in total. The molecular formula is C18H22FN3O6. The van der Waals surface area contributed by atoms with Crippen LogP contribution in [0.3, 0.4) is 0 Å². The quantitative estimate of drug-likeness (QED) is 0.440. The maximum absolute atomic E-state index is 14.4. The van der Waals surface area contributed by atoms with Gasteiger partial charge < -0.3 is 19.3 Å². The molecule has 2 aliphatic heterocycles. The van der Waals surface area contributed by atoms with Gasteiger partial charge in [-0.05, 0) is 26.8 Å². The van der Waals surface area contributed by atoms with E-state index in [-0.39, 0.29) is 22.8 Å². The van der Waals surface area contributed by atoms with Gasteiger partial charge in [-0.3, -0.25) is 10.1 Å². The van der Waals surface area contributed by atoms with Gasteiger partial charge in [-0.1, -0.05) is 0 Å². The van der Waals surface area contributed by atoms with Crippen molar-refractivity contribution in [3.05, 3.63) is 33.6 Å². The Bertz CT molecular complexity index is 836. The number of carbonyl (C=O) groups is 2. The number of nitro groups is 1. The molecule has 0 bridgehead atoms. The van der Waals surface area contributed by atoms with Gasteiger partial charge in [0.2, 0.25) is 0 Å². The van der Waals surface area contributed by atoms with E-state index in [2.05, 4.69) is 4.74 Å². The Balaban J connectivity index is 1.69. The zero-order valence-corrected chi connectivity index (χ0v) is 16.2. The van der Waals surface area contributed by atoms with Gasteiger partial charge >= 0.3 is 12.1 Å². The van der Waals surface area contributed by atoms with E-state index in [0.717, 1.165) is 19.2 Å². The molecule has 1 amide bonds. The maximum atomic E-state index is 14.4. The number of anilines is 1. The monoisotopic (exact) mass is 395 g/mol. The van der Waals surface area contributed by atoms with E-state index in [9.17, 15) is 24.1 Å². The van der Waals surface area contributed by atoms with Crippen LogP contribution in [0.25, 0.3) is 0 Å². The number of carbonyl (C=O) groups excluding carboxylic acids is 2. The molecule has 0 unspecified atom stereocenters. The topological polar surface area (TPSA) is 102 Å². The Morgan fingerprint density at radius 1 is 1.21 bits per heavy atom. The summed E-state index contributed by atoms with van der Waals surface area (Å²) in [7, 11) is 1.10. The minimum absolute atomic E-state index is 0.104. The van der Waals surface area contributed by atoms with Crippen molar-refractivity contribution in [3.8, 4) is 0 Å². The van der Waals surface area contributed by atoms with E-state index in [1.807, 2.05) is 0 Å². The summed E-state index contributed by atoms with van der Waals surface area (Å²) < 4.78 is 24.3. The maximum Gasteiger partial charge on any atom is 0.410 e. The first-order chi connectivity index (χ1) is 12.9. The first-order valence-electron chi connectivity index (χ1n) is 8.74. The third kappa shape index (κ3) is 3.58. The van der Waals surface area contributed by atoms with Crippen molar-refractivity contribution in [2.24, 2.45) is 5.41 Å². The lowest BCUT2D eigenvalue weighted by molar-refractivity contribution is -0.385. The van der Waals surface area contributed by atoms with Crippen LogP contribution in [-0.4, -0.2) is 60.8 Å². The van der Waals surface area contributed by atoms with E-state index in [4.69, 9.17) is 4.74 Å². The Hall–Kier alpha value is -2.91. The second-order valence-corrected chi connectivity index (χ2v) is 8.26. The third-order valence-electron chi connectivity index (χ3n) is 4.76. The number of amides is 1. The molecule has 2 saturated heterocycles. The zero-order valence-electron chi connectivity index (χ0n) is 16.2. The molecule has 0 saturated carbocycles. The molecule has 1 aromatic rings. The molecule has 10 heteroatoms. The average Bonchev–Trinajstić information content (AvgIpc) is 2.50. The number of hydrogen-bond donors (Lipinski definition) is 0. The number of likely N-dealkylation sites (tertiary alicyclic amines) is 1. The van der Waals surface area contributed by atoms with Gasteiger partial charge in [0.1, 0.15) is 11.2 Å². The number of ether oxygens (including phenoxy) is 2. The molecule has 1 aromatic carbocycles. The summed E-state index contributed by atoms with van der Waals surface area (Å²) in [6.45, 7) is 7.32. The molecule has 28 heavy (non-hydrogen) atoms. The number of methoxy groups -OCH3 is 1. The van der Waals surface area contributed by atoms with Crippen molar-refractivity contribution < 1.29 is 28.4 Å². The number of nitrogens with zero attached hydrogens (tertiary/aromatic N) is 3. The molecular weight excluding hydrogens is 373 g/mol. The van der Waals surface area contributed by atoms with Gasteiger partial charge in [-0.15, -0.1) is 0 Å². The highest BCUT2D eigenvalue weighted by Gasteiger charge is 2.54. The van der Waals surface area contributed by atoms with Gasteiger partial charge in [0.05, 0.1) is 23.8 Å². The lowest BCUT2D eigenvalue weighted by atomic mass is 9.72. The Labute approximate surface area is 161 Å². The van der Waals surface area contributed by atoms with Crippen LogP contribution < -0.4 is 4.90 Å². The van der Waals surface area contributed by atoms with Crippen LogP contribution in [-0.2, 0) is 9.47 Å². The van der Waals surface area contributed by atoms with E-state index >= 15 is 0 Å². The summed E-state index contributed by atoms with van der Waals surface area (Å²) in [5, 5.41) is 11.1. The number of halogens is 1. The summed E-state index contributed by atoms with van der Waals surface area (Å²) in [6.07, 6.45) is -0.383. The van der Waals surface area contributed by atoms with Crippen molar-refractivity contribution in [2.45, 2.75) is 26.4 Å². The molecule has 152 valence electrons. The highest BCUT2D eigenvalue weighted by molar-refractivity contribution is 5.95. The standard InChI is InChI=1S/C18H22FN3O6/c1-17(2,3)28-16(24)21-9-18(10-21)7-20(8-18)14-5-11(15(23)27-4)13(22(25)26)6-12(14)19/h5-6H,7-10H2,1-4H3. The fourth-order valence-corrected chi connectivity index (χ4v) is 3.57. The van der Waals surface area contributed by atoms with Crippen LogP contribution in [0.1, 0.15) is 31.1 Å². The molecule has 0 aromatic heterocycles. The molecule has 2 aliphatic rings. The van der Waals surface area contributed by atoms with Crippen molar-refractivity contribution in [3.63, 3.8) is 0 Å². The first-order valence-corrected chi connectivity index (χ1v) is 8.74. The minimum Gasteiger partial charge on any atom is -0.465 e.